The fourth-order valence-corrected chi connectivity index (χ4v) is 1.12. The number of rotatable bonds is 8. The van der Waals surface area contributed by atoms with Crippen LogP contribution in [0.5, 0.6) is 0 Å². The van der Waals surface area contributed by atoms with Crippen LogP contribution in [0.15, 0.2) is 0 Å². The van der Waals surface area contributed by atoms with Crippen LogP contribution in [0.2, 0.25) is 0 Å². The minimum absolute atomic E-state index is 0.403. The molecule has 0 heterocycles. The SMILES string of the molecule is CCC(C)OCCNCC(C)SC. The molecular formula is C10H23NOS. The number of hydrogen-bond donors (Lipinski definition) is 1. The molecule has 0 spiro atoms. The Labute approximate surface area is 86.8 Å². The predicted molar refractivity (Wildman–Crippen MR) is 61.6 cm³/mol. The summed E-state index contributed by atoms with van der Waals surface area (Å²) in [6.07, 6.45) is 3.64. The van der Waals surface area contributed by atoms with E-state index in [2.05, 4.69) is 32.3 Å². The van der Waals surface area contributed by atoms with E-state index in [4.69, 9.17) is 4.74 Å². The van der Waals surface area contributed by atoms with E-state index in [1.165, 1.54) is 0 Å². The van der Waals surface area contributed by atoms with E-state index in [1.807, 2.05) is 11.8 Å². The first kappa shape index (κ1) is 13.3. The standard InChI is InChI=1S/C10H23NOS/c1-5-9(2)12-7-6-11-8-10(3)13-4/h9-11H,5-8H2,1-4H3. The highest BCUT2D eigenvalue weighted by molar-refractivity contribution is 7.99. The van der Waals surface area contributed by atoms with E-state index in [0.717, 1.165) is 26.1 Å². The van der Waals surface area contributed by atoms with Crippen LogP contribution in [0.3, 0.4) is 0 Å². The molecule has 0 saturated carbocycles. The molecule has 0 aromatic rings. The molecule has 1 N–H and O–H groups in total. The van der Waals surface area contributed by atoms with Gasteiger partial charge in [-0.15, -0.1) is 0 Å². The molecule has 0 rings (SSSR count). The lowest BCUT2D eigenvalue weighted by molar-refractivity contribution is 0.0658. The minimum Gasteiger partial charge on any atom is -0.377 e. The van der Waals surface area contributed by atoms with E-state index in [1.54, 1.807) is 0 Å². The second-order valence-electron chi connectivity index (χ2n) is 3.34. The highest BCUT2D eigenvalue weighted by Crippen LogP contribution is 2.02. The molecule has 0 bridgehead atoms. The number of ether oxygens (including phenoxy) is 1. The Hall–Kier alpha value is 0.270. The summed E-state index contributed by atoms with van der Waals surface area (Å²) in [7, 11) is 0. The van der Waals surface area contributed by atoms with E-state index in [0.29, 0.717) is 11.4 Å². The van der Waals surface area contributed by atoms with Crippen molar-refractivity contribution in [1.29, 1.82) is 0 Å². The molecule has 0 aromatic heterocycles. The summed E-state index contributed by atoms with van der Waals surface area (Å²) in [5.41, 5.74) is 0. The van der Waals surface area contributed by atoms with Gasteiger partial charge in [0.05, 0.1) is 12.7 Å². The quantitative estimate of drug-likeness (QED) is 0.614. The largest absolute Gasteiger partial charge is 0.377 e. The van der Waals surface area contributed by atoms with Gasteiger partial charge in [-0.2, -0.15) is 11.8 Å². The molecule has 2 unspecified atom stereocenters. The van der Waals surface area contributed by atoms with Crippen molar-refractivity contribution in [2.75, 3.05) is 26.0 Å². The first-order valence-corrected chi connectivity index (χ1v) is 6.34. The average Bonchev–Trinajstić information content (AvgIpc) is 2.16. The zero-order valence-electron chi connectivity index (χ0n) is 9.30. The summed E-state index contributed by atoms with van der Waals surface area (Å²) in [6.45, 7) is 9.36. The third-order valence-corrected chi connectivity index (χ3v) is 3.06. The van der Waals surface area contributed by atoms with Gasteiger partial charge in [0, 0.05) is 18.3 Å². The lowest BCUT2D eigenvalue weighted by atomic mass is 10.3. The van der Waals surface area contributed by atoms with Gasteiger partial charge in [-0.25, -0.2) is 0 Å². The Balaban J connectivity index is 3.08. The van der Waals surface area contributed by atoms with Gasteiger partial charge < -0.3 is 10.1 Å². The Morgan fingerprint density at radius 1 is 1.38 bits per heavy atom. The van der Waals surface area contributed by atoms with Crippen molar-refractivity contribution in [2.45, 2.75) is 38.5 Å². The molecule has 0 saturated heterocycles. The number of thioether (sulfide) groups is 1. The molecule has 0 amide bonds. The fourth-order valence-electron chi connectivity index (χ4n) is 0.839. The van der Waals surface area contributed by atoms with Crippen LogP contribution in [-0.2, 0) is 4.74 Å². The van der Waals surface area contributed by atoms with E-state index < -0.39 is 0 Å². The van der Waals surface area contributed by atoms with Crippen molar-refractivity contribution in [3.8, 4) is 0 Å². The summed E-state index contributed by atoms with van der Waals surface area (Å²) >= 11 is 1.89. The normalized spacial score (nSPS) is 15.7. The second kappa shape index (κ2) is 8.85. The lowest BCUT2D eigenvalue weighted by Crippen LogP contribution is -2.27. The summed E-state index contributed by atoms with van der Waals surface area (Å²) in [5, 5.41) is 4.07. The van der Waals surface area contributed by atoms with Crippen molar-refractivity contribution in [3.63, 3.8) is 0 Å². The second-order valence-corrected chi connectivity index (χ2v) is 4.62. The molecule has 0 fully saturated rings. The number of nitrogens with one attached hydrogen (secondary N) is 1. The van der Waals surface area contributed by atoms with E-state index in [9.17, 15) is 0 Å². The molecule has 0 radical (unpaired) electrons. The molecule has 0 aliphatic carbocycles. The molecule has 13 heavy (non-hydrogen) atoms. The Bertz CT molecular complexity index is 99.1. The maximum atomic E-state index is 5.54. The lowest BCUT2D eigenvalue weighted by Gasteiger charge is -2.12. The topological polar surface area (TPSA) is 21.3 Å². The summed E-state index contributed by atoms with van der Waals surface area (Å²) < 4.78 is 5.54. The third-order valence-electron chi connectivity index (χ3n) is 2.09. The smallest absolute Gasteiger partial charge is 0.0594 e. The zero-order valence-corrected chi connectivity index (χ0v) is 10.1. The maximum Gasteiger partial charge on any atom is 0.0594 e. The van der Waals surface area contributed by atoms with Gasteiger partial charge in [-0.3, -0.25) is 0 Å². The van der Waals surface area contributed by atoms with Gasteiger partial charge in [-0.05, 0) is 19.6 Å². The van der Waals surface area contributed by atoms with Crippen molar-refractivity contribution in [3.05, 3.63) is 0 Å². The van der Waals surface area contributed by atoms with Crippen LogP contribution in [0.4, 0.5) is 0 Å². The van der Waals surface area contributed by atoms with Gasteiger partial charge in [0.15, 0.2) is 0 Å². The minimum atomic E-state index is 0.403. The molecule has 2 atom stereocenters. The van der Waals surface area contributed by atoms with Crippen LogP contribution in [-0.4, -0.2) is 37.3 Å². The third kappa shape index (κ3) is 8.60. The molecular weight excluding hydrogens is 182 g/mol. The van der Waals surface area contributed by atoms with Gasteiger partial charge in [-0.1, -0.05) is 13.8 Å². The molecule has 80 valence electrons. The van der Waals surface area contributed by atoms with Crippen LogP contribution < -0.4 is 5.32 Å². The Morgan fingerprint density at radius 3 is 2.62 bits per heavy atom. The molecule has 0 aromatic carbocycles. The summed E-state index contributed by atoms with van der Waals surface area (Å²) in [4.78, 5) is 0. The van der Waals surface area contributed by atoms with Crippen LogP contribution in [0.25, 0.3) is 0 Å². The predicted octanol–water partition coefficient (Wildman–Crippen LogP) is 2.14. The maximum absolute atomic E-state index is 5.54. The highest BCUT2D eigenvalue weighted by atomic mass is 32.2. The van der Waals surface area contributed by atoms with Gasteiger partial charge in [0.1, 0.15) is 0 Å². The monoisotopic (exact) mass is 205 g/mol. The van der Waals surface area contributed by atoms with Gasteiger partial charge >= 0.3 is 0 Å². The fraction of sp³-hybridized carbons (Fsp3) is 1.00. The van der Waals surface area contributed by atoms with Gasteiger partial charge in [0.2, 0.25) is 0 Å². The molecule has 0 aliphatic rings. The highest BCUT2D eigenvalue weighted by Gasteiger charge is 1.99. The van der Waals surface area contributed by atoms with Crippen molar-refractivity contribution in [2.24, 2.45) is 0 Å². The molecule has 0 aliphatic heterocycles. The molecule has 2 nitrogen and oxygen atoms in total. The summed E-state index contributed by atoms with van der Waals surface area (Å²) in [5.74, 6) is 0. The zero-order chi connectivity index (χ0) is 10.1. The van der Waals surface area contributed by atoms with Crippen molar-refractivity contribution >= 4 is 11.8 Å². The van der Waals surface area contributed by atoms with Crippen LogP contribution >= 0.6 is 11.8 Å². The van der Waals surface area contributed by atoms with E-state index in [-0.39, 0.29) is 0 Å². The van der Waals surface area contributed by atoms with Crippen LogP contribution in [0.1, 0.15) is 27.2 Å². The summed E-state index contributed by atoms with van der Waals surface area (Å²) in [6, 6.07) is 0. The first-order valence-electron chi connectivity index (χ1n) is 5.05. The van der Waals surface area contributed by atoms with Crippen molar-refractivity contribution in [1.82, 2.24) is 5.32 Å². The van der Waals surface area contributed by atoms with E-state index >= 15 is 0 Å². The average molecular weight is 205 g/mol. The Morgan fingerprint density at radius 2 is 2.08 bits per heavy atom. The van der Waals surface area contributed by atoms with Crippen LogP contribution in [0, 0.1) is 0 Å². The first-order chi connectivity index (χ1) is 6.20. The molecule has 3 heteroatoms. The Kier molecular flexibility index (Phi) is 9.03. The van der Waals surface area contributed by atoms with Crippen molar-refractivity contribution < 1.29 is 4.74 Å². The van der Waals surface area contributed by atoms with Gasteiger partial charge in [0.25, 0.3) is 0 Å². The number of hydrogen-bond acceptors (Lipinski definition) is 3.